The van der Waals surface area contributed by atoms with Crippen LogP contribution in [0, 0.1) is 0 Å². The molecule has 1 aliphatic rings. The smallest absolute Gasteiger partial charge is 0.265 e. The predicted molar refractivity (Wildman–Crippen MR) is 116 cm³/mol. The van der Waals surface area contributed by atoms with Gasteiger partial charge >= 0.3 is 0 Å². The minimum atomic E-state index is -3.60. The minimum Gasteiger partial charge on any atom is -0.495 e. The van der Waals surface area contributed by atoms with Crippen LogP contribution in [0.25, 0.3) is 0 Å². The SMILES string of the molecule is CCc1ccccc1OC(C)C(=O)Nc1cc(S(=O)(=O)N2CCCC2)ccc1OC. The number of rotatable bonds is 8. The molecule has 2 aromatic rings. The second-order valence-corrected chi connectivity index (χ2v) is 9.12. The Morgan fingerprint density at radius 3 is 2.50 bits per heavy atom. The first-order chi connectivity index (χ1) is 14.4. The molecule has 1 amide bonds. The van der Waals surface area contributed by atoms with Crippen LogP contribution >= 0.6 is 0 Å². The lowest BCUT2D eigenvalue weighted by Gasteiger charge is -2.19. The van der Waals surface area contributed by atoms with Gasteiger partial charge < -0.3 is 14.8 Å². The molecule has 2 aromatic carbocycles. The van der Waals surface area contributed by atoms with Crippen molar-refractivity contribution in [2.45, 2.75) is 44.1 Å². The molecule has 0 aliphatic carbocycles. The van der Waals surface area contributed by atoms with E-state index in [-0.39, 0.29) is 4.90 Å². The van der Waals surface area contributed by atoms with E-state index in [0.717, 1.165) is 24.8 Å². The molecule has 8 heteroatoms. The molecule has 1 fully saturated rings. The average Bonchev–Trinajstić information content (AvgIpc) is 3.30. The molecule has 7 nitrogen and oxygen atoms in total. The van der Waals surface area contributed by atoms with Crippen LogP contribution in [-0.2, 0) is 21.2 Å². The van der Waals surface area contributed by atoms with Gasteiger partial charge in [0.2, 0.25) is 10.0 Å². The summed E-state index contributed by atoms with van der Waals surface area (Å²) in [5.41, 5.74) is 1.30. The Morgan fingerprint density at radius 1 is 1.13 bits per heavy atom. The fraction of sp³-hybridized carbons (Fsp3) is 0.409. The first kappa shape index (κ1) is 22.1. The summed E-state index contributed by atoms with van der Waals surface area (Å²) in [7, 11) is -2.14. The van der Waals surface area contributed by atoms with Crippen LogP contribution in [0.5, 0.6) is 11.5 Å². The molecule has 0 spiro atoms. The molecule has 1 atom stereocenters. The Labute approximate surface area is 178 Å². The van der Waals surface area contributed by atoms with Crippen LogP contribution in [0.1, 0.15) is 32.3 Å². The van der Waals surface area contributed by atoms with Crippen molar-refractivity contribution >= 4 is 21.6 Å². The number of hydrogen-bond acceptors (Lipinski definition) is 5. The zero-order valence-electron chi connectivity index (χ0n) is 17.6. The van der Waals surface area contributed by atoms with Gasteiger partial charge in [-0.25, -0.2) is 8.42 Å². The standard InChI is InChI=1S/C22H28N2O5S/c1-4-17-9-5-6-10-20(17)29-16(2)22(25)23-19-15-18(11-12-21(19)28-3)30(26,27)24-13-7-8-14-24/h5-6,9-12,15-16H,4,7-8,13-14H2,1-3H3,(H,23,25). The third-order valence-corrected chi connectivity index (χ3v) is 7.05. The Hall–Kier alpha value is -2.58. The number of hydrogen-bond donors (Lipinski definition) is 1. The molecule has 30 heavy (non-hydrogen) atoms. The zero-order valence-corrected chi connectivity index (χ0v) is 18.4. The Balaban J connectivity index is 1.80. The summed E-state index contributed by atoms with van der Waals surface area (Å²) < 4.78 is 38.4. The highest BCUT2D eigenvalue weighted by molar-refractivity contribution is 7.89. The monoisotopic (exact) mass is 432 g/mol. The van der Waals surface area contributed by atoms with E-state index in [1.165, 1.54) is 23.5 Å². The van der Waals surface area contributed by atoms with Crippen LogP contribution in [0.15, 0.2) is 47.4 Å². The van der Waals surface area contributed by atoms with Gasteiger partial charge in [-0.3, -0.25) is 4.79 Å². The fourth-order valence-electron chi connectivity index (χ4n) is 3.41. The highest BCUT2D eigenvalue weighted by Gasteiger charge is 2.28. The Kier molecular flexibility index (Phi) is 6.99. The minimum absolute atomic E-state index is 0.130. The van der Waals surface area contributed by atoms with Crippen molar-refractivity contribution in [2.75, 3.05) is 25.5 Å². The molecule has 1 aliphatic heterocycles. The highest BCUT2D eigenvalue weighted by Crippen LogP contribution is 2.30. The number of benzene rings is 2. The van der Waals surface area contributed by atoms with E-state index in [0.29, 0.717) is 30.3 Å². The summed E-state index contributed by atoms with van der Waals surface area (Å²) in [6, 6.07) is 12.1. The molecule has 162 valence electrons. The zero-order chi connectivity index (χ0) is 21.7. The lowest BCUT2D eigenvalue weighted by Crippen LogP contribution is -2.31. The first-order valence-electron chi connectivity index (χ1n) is 10.1. The van der Waals surface area contributed by atoms with Crippen molar-refractivity contribution in [3.05, 3.63) is 48.0 Å². The van der Waals surface area contributed by atoms with Gasteiger partial charge in [0.25, 0.3) is 5.91 Å². The largest absolute Gasteiger partial charge is 0.495 e. The van der Waals surface area contributed by atoms with E-state index in [4.69, 9.17) is 9.47 Å². The van der Waals surface area contributed by atoms with Crippen LogP contribution in [-0.4, -0.2) is 44.9 Å². The number of amides is 1. The van der Waals surface area contributed by atoms with Crippen LogP contribution in [0.4, 0.5) is 5.69 Å². The second-order valence-electron chi connectivity index (χ2n) is 7.18. The molecule has 0 radical (unpaired) electrons. The predicted octanol–water partition coefficient (Wildman–Crippen LogP) is 3.45. The number of sulfonamides is 1. The topological polar surface area (TPSA) is 84.9 Å². The number of anilines is 1. The Morgan fingerprint density at radius 2 is 1.83 bits per heavy atom. The van der Waals surface area contributed by atoms with Gasteiger partial charge in [0.1, 0.15) is 11.5 Å². The molecule has 1 unspecified atom stereocenters. The molecule has 1 heterocycles. The van der Waals surface area contributed by atoms with E-state index in [1.54, 1.807) is 13.0 Å². The van der Waals surface area contributed by atoms with E-state index in [1.807, 2.05) is 31.2 Å². The van der Waals surface area contributed by atoms with Crippen molar-refractivity contribution in [2.24, 2.45) is 0 Å². The maximum Gasteiger partial charge on any atom is 0.265 e. The van der Waals surface area contributed by atoms with Crippen molar-refractivity contribution in [3.63, 3.8) is 0 Å². The molecule has 0 aromatic heterocycles. The van der Waals surface area contributed by atoms with Gasteiger partial charge in [-0.15, -0.1) is 0 Å². The maximum absolute atomic E-state index is 12.9. The first-order valence-corrected chi connectivity index (χ1v) is 11.5. The number of carbonyl (C=O) groups is 1. The van der Waals surface area contributed by atoms with Crippen molar-refractivity contribution in [3.8, 4) is 11.5 Å². The lowest BCUT2D eigenvalue weighted by molar-refractivity contribution is -0.122. The third kappa shape index (κ3) is 4.76. The Bertz CT molecular complexity index is 1000. The molecule has 1 N–H and O–H groups in total. The molecule has 0 bridgehead atoms. The van der Waals surface area contributed by atoms with Crippen LogP contribution < -0.4 is 14.8 Å². The van der Waals surface area contributed by atoms with Crippen molar-refractivity contribution in [1.29, 1.82) is 0 Å². The lowest BCUT2D eigenvalue weighted by atomic mass is 10.1. The fourth-order valence-corrected chi connectivity index (χ4v) is 4.96. The summed E-state index contributed by atoms with van der Waals surface area (Å²) in [5, 5.41) is 2.75. The number of nitrogens with one attached hydrogen (secondary N) is 1. The molecule has 0 saturated carbocycles. The molecule has 3 rings (SSSR count). The molecular formula is C22H28N2O5S. The van der Waals surface area contributed by atoms with Gasteiger partial charge in [-0.05, 0) is 56.0 Å². The number of methoxy groups -OCH3 is 1. The normalized spacial score (nSPS) is 15.6. The van der Waals surface area contributed by atoms with E-state index >= 15 is 0 Å². The summed E-state index contributed by atoms with van der Waals surface area (Å²) in [6.45, 7) is 4.69. The summed E-state index contributed by atoms with van der Waals surface area (Å²) >= 11 is 0. The van der Waals surface area contributed by atoms with E-state index in [9.17, 15) is 13.2 Å². The van der Waals surface area contributed by atoms with Crippen LogP contribution in [0.3, 0.4) is 0 Å². The number of aryl methyl sites for hydroxylation is 1. The number of para-hydroxylation sites is 1. The highest BCUT2D eigenvalue weighted by atomic mass is 32.2. The quantitative estimate of drug-likeness (QED) is 0.691. The molecular weight excluding hydrogens is 404 g/mol. The van der Waals surface area contributed by atoms with Crippen LogP contribution in [0.2, 0.25) is 0 Å². The average molecular weight is 433 g/mol. The van der Waals surface area contributed by atoms with E-state index in [2.05, 4.69) is 5.32 Å². The maximum atomic E-state index is 12.9. The number of carbonyl (C=O) groups excluding carboxylic acids is 1. The van der Waals surface area contributed by atoms with E-state index < -0.39 is 22.0 Å². The van der Waals surface area contributed by atoms with Gasteiger partial charge in [-0.2, -0.15) is 4.31 Å². The number of nitrogens with zero attached hydrogens (tertiary/aromatic N) is 1. The van der Waals surface area contributed by atoms with Gasteiger partial charge in [0, 0.05) is 13.1 Å². The summed E-state index contributed by atoms with van der Waals surface area (Å²) in [6.07, 6.45) is 1.72. The van der Waals surface area contributed by atoms with Crippen molar-refractivity contribution < 1.29 is 22.7 Å². The van der Waals surface area contributed by atoms with Gasteiger partial charge in [0.05, 0.1) is 17.7 Å². The summed E-state index contributed by atoms with van der Waals surface area (Å²) in [4.78, 5) is 12.9. The summed E-state index contributed by atoms with van der Waals surface area (Å²) in [5.74, 6) is 0.639. The van der Waals surface area contributed by atoms with Crippen molar-refractivity contribution in [1.82, 2.24) is 4.31 Å². The second kappa shape index (κ2) is 9.49. The third-order valence-electron chi connectivity index (χ3n) is 5.16. The van der Waals surface area contributed by atoms with Gasteiger partial charge in [-0.1, -0.05) is 25.1 Å². The molecule has 1 saturated heterocycles. The van der Waals surface area contributed by atoms with Gasteiger partial charge in [0.15, 0.2) is 6.10 Å². The number of ether oxygens (including phenoxy) is 2.